The number of H-pyrrole nitrogens is 2. The topological polar surface area (TPSA) is 158 Å². The van der Waals surface area contributed by atoms with E-state index in [0.717, 1.165) is 33.6 Å². The predicted octanol–water partition coefficient (Wildman–Crippen LogP) is 7.22. The van der Waals surface area contributed by atoms with Crippen LogP contribution in [-0.2, 0) is 0 Å². The SMILES string of the molecule is C.C=C(N)c1cc(-c2ccc(C#CC(C)(C)O)nc2C(C)C)ccc1F.CC(C)c1nc(C#CC(C)(C)O)ccc1-c1cccc2c(=O)[nH]c(=O)[nH]c12. The molecule has 0 saturated heterocycles. The predicted molar refractivity (Wildman–Crippen MR) is 213 cm³/mol. The van der Waals surface area contributed by atoms with Gasteiger partial charge in [0.2, 0.25) is 0 Å². The number of aliphatic hydroxyl groups is 2. The molecule has 10 heteroatoms. The van der Waals surface area contributed by atoms with Crippen molar-refractivity contribution in [1.29, 1.82) is 0 Å². The molecule has 0 bridgehead atoms. The van der Waals surface area contributed by atoms with Crippen LogP contribution >= 0.6 is 0 Å². The fourth-order valence-electron chi connectivity index (χ4n) is 5.23. The molecular weight excluding hydrogens is 670 g/mol. The van der Waals surface area contributed by atoms with Crippen molar-refractivity contribution in [2.24, 2.45) is 5.73 Å². The molecule has 0 spiro atoms. The smallest absolute Gasteiger partial charge is 0.326 e. The van der Waals surface area contributed by atoms with Gasteiger partial charge < -0.3 is 20.9 Å². The van der Waals surface area contributed by atoms with Crippen LogP contribution in [0.2, 0.25) is 0 Å². The van der Waals surface area contributed by atoms with Gasteiger partial charge in [-0.25, -0.2) is 19.2 Å². The van der Waals surface area contributed by atoms with Crippen molar-refractivity contribution in [3.05, 3.63) is 122 Å². The standard InChI is InChI=1S/C21H23FN2O.C21H21N3O3.CH4/c1-13(2)20-17(8-7-16(24-20)10-11-21(4,5)25)15-6-9-19(22)18(12-15)14(3)23;1-12(2)17-15(9-8-13(22-17)10-11-21(3,4)27)14-6-5-7-16-18(14)23-20(26)24-19(16)25;/h6-9,12-13,25H,3,23H2,1-2,4-5H3;5-9,12,27H,1-4H3,(H2,23,24,25,26);1H4. The Hall–Kier alpha value is -5.81. The Bertz CT molecular complexity index is 2390. The summed E-state index contributed by atoms with van der Waals surface area (Å²) < 4.78 is 13.9. The van der Waals surface area contributed by atoms with Gasteiger partial charge in [0.1, 0.15) is 28.4 Å². The normalized spacial score (nSPS) is 11.1. The molecule has 0 unspecified atom stereocenters. The lowest BCUT2D eigenvalue weighted by atomic mass is 9.95. The first-order valence-corrected chi connectivity index (χ1v) is 16.8. The van der Waals surface area contributed by atoms with Gasteiger partial charge in [-0.1, -0.05) is 71.7 Å². The van der Waals surface area contributed by atoms with E-state index in [1.807, 2.05) is 45.9 Å². The zero-order chi connectivity index (χ0) is 38.5. The van der Waals surface area contributed by atoms with E-state index in [1.165, 1.54) is 6.07 Å². The van der Waals surface area contributed by atoms with Crippen molar-refractivity contribution in [3.8, 4) is 45.9 Å². The minimum atomic E-state index is -1.10. The molecule has 0 aliphatic rings. The number of hydrogen-bond donors (Lipinski definition) is 5. The van der Waals surface area contributed by atoms with Crippen molar-refractivity contribution in [2.45, 2.75) is 85.9 Å². The molecule has 0 radical (unpaired) electrons. The van der Waals surface area contributed by atoms with Crippen LogP contribution in [0.4, 0.5) is 4.39 Å². The van der Waals surface area contributed by atoms with Crippen molar-refractivity contribution < 1.29 is 14.6 Å². The first kappa shape index (κ1) is 41.6. The van der Waals surface area contributed by atoms with Gasteiger partial charge in [0, 0.05) is 28.0 Å². The number of hydrogen-bond acceptors (Lipinski definition) is 7. The molecule has 0 amide bonds. The molecule has 0 atom stereocenters. The maximum Gasteiger partial charge on any atom is 0.326 e. The van der Waals surface area contributed by atoms with Crippen molar-refractivity contribution in [1.82, 2.24) is 19.9 Å². The number of halogens is 1. The second-order valence-electron chi connectivity index (χ2n) is 14.0. The third kappa shape index (κ3) is 10.8. The van der Waals surface area contributed by atoms with Crippen molar-refractivity contribution in [2.75, 3.05) is 0 Å². The Morgan fingerprint density at radius 2 is 1.32 bits per heavy atom. The molecule has 0 fully saturated rings. The minimum absolute atomic E-state index is 0. The summed E-state index contributed by atoms with van der Waals surface area (Å²) in [5.74, 6) is 11.1. The zero-order valence-corrected chi connectivity index (χ0v) is 30.7. The fraction of sp³-hybridized carbons (Fsp3) is 0.302. The zero-order valence-electron chi connectivity index (χ0n) is 30.7. The maximum absolute atomic E-state index is 13.9. The van der Waals surface area contributed by atoms with Gasteiger partial charge in [-0.3, -0.25) is 9.78 Å². The Labute approximate surface area is 310 Å². The minimum Gasteiger partial charge on any atom is -0.399 e. The summed E-state index contributed by atoms with van der Waals surface area (Å²) in [6, 6.07) is 17.4. The number of rotatable bonds is 5. The molecule has 5 aromatic rings. The van der Waals surface area contributed by atoms with Crippen LogP contribution in [-0.4, -0.2) is 41.4 Å². The molecule has 3 aromatic heterocycles. The number of pyridine rings is 2. The lowest BCUT2D eigenvalue weighted by Gasteiger charge is -2.14. The highest BCUT2D eigenvalue weighted by atomic mass is 19.1. The van der Waals surface area contributed by atoms with Crippen LogP contribution in [0.15, 0.2) is 76.8 Å². The van der Waals surface area contributed by atoms with Crippen LogP contribution in [0.5, 0.6) is 0 Å². The average molecular weight is 718 g/mol. The molecule has 0 aliphatic heterocycles. The average Bonchev–Trinajstić information content (AvgIpc) is 3.05. The van der Waals surface area contributed by atoms with E-state index < -0.39 is 28.3 Å². The summed E-state index contributed by atoms with van der Waals surface area (Å²) in [6.07, 6.45) is 0. The molecule has 2 aromatic carbocycles. The van der Waals surface area contributed by atoms with Gasteiger partial charge in [-0.15, -0.1) is 0 Å². The third-order valence-corrected chi connectivity index (χ3v) is 7.62. The van der Waals surface area contributed by atoms with E-state index in [4.69, 9.17) is 5.73 Å². The van der Waals surface area contributed by atoms with Gasteiger partial charge in [-0.2, -0.15) is 0 Å². The molecule has 53 heavy (non-hydrogen) atoms. The van der Waals surface area contributed by atoms with Crippen molar-refractivity contribution in [3.63, 3.8) is 0 Å². The molecule has 6 N–H and O–H groups in total. The highest BCUT2D eigenvalue weighted by Gasteiger charge is 2.17. The third-order valence-electron chi connectivity index (χ3n) is 7.62. The van der Waals surface area contributed by atoms with Crippen molar-refractivity contribution >= 4 is 16.6 Å². The summed E-state index contributed by atoms with van der Waals surface area (Å²) in [4.78, 5) is 38.1. The maximum atomic E-state index is 13.9. The lowest BCUT2D eigenvalue weighted by Crippen LogP contribution is -2.22. The lowest BCUT2D eigenvalue weighted by molar-refractivity contribution is 0.143. The molecule has 0 aliphatic carbocycles. The number of para-hydroxylation sites is 1. The molecule has 0 saturated carbocycles. The number of nitrogens with zero attached hydrogens (tertiary/aromatic N) is 2. The Morgan fingerprint density at radius 3 is 1.83 bits per heavy atom. The highest BCUT2D eigenvalue weighted by molar-refractivity contribution is 5.93. The first-order chi connectivity index (χ1) is 24.2. The van der Waals surface area contributed by atoms with Crippen LogP contribution in [0, 0.1) is 29.5 Å². The first-order valence-electron chi connectivity index (χ1n) is 16.8. The second kappa shape index (κ2) is 16.7. The van der Waals surface area contributed by atoms with E-state index >= 15 is 0 Å². The van der Waals surface area contributed by atoms with E-state index in [2.05, 4.69) is 50.2 Å². The number of benzene rings is 2. The second-order valence-corrected chi connectivity index (χ2v) is 14.0. The molecular formula is C43H48FN5O4. The Balaban J connectivity index is 0.000000281. The number of nitrogens with two attached hydrogens (primary N) is 1. The summed E-state index contributed by atoms with van der Waals surface area (Å²) in [5.41, 5.74) is 9.52. The van der Waals surface area contributed by atoms with Gasteiger partial charge in [0.05, 0.1) is 22.3 Å². The summed E-state index contributed by atoms with van der Waals surface area (Å²) >= 11 is 0. The van der Waals surface area contributed by atoms with E-state index in [9.17, 15) is 24.2 Å². The Kier molecular flexibility index (Phi) is 13.1. The summed E-state index contributed by atoms with van der Waals surface area (Å²) in [6.45, 7) is 18.2. The number of aromatic nitrogens is 4. The summed E-state index contributed by atoms with van der Waals surface area (Å²) in [5, 5.41) is 19.9. The van der Waals surface area contributed by atoms with Gasteiger partial charge in [-0.05, 0) is 99.4 Å². The largest absolute Gasteiger partial charge is 0.399 e. The van der Waals surface area contributed by atoms with Gasteiger partial charge in [0.15, 0.2) is 0 Å². The molecule has 276 valence electrons. The van der Waals surface area contributed by atoms with Gasteiger partial charge >= 0.3 is 5.69 Å². The Morgan fingerprint density at radius 1 is 0.792 bits per heavy atom. The highest BCUT2D eigenvalue weighted by Crippen LogP contribution is 2.32. The molecule has 9 nitrogen and oxygen atoms in total. The van der Waals surface area contributed by atoms with E-state index in [0.29, 0.717) is 22.3 Å². The number of nitrogens with one attached hydrogen (secondary N) is 2. The van der Waals surface area contributed by atoms with Crippen LogP contribution < -0.4 is 17.0 Å². The van der Waals surface area contributed by atoms with Crippen LogP contribution in [0.25, 0.3) is 38.9 Å². The number of fused-ring (bicyclic) bond motifs is 1. The van der Waals surface area contributed by atoms with Crippen LogP contribution in [0.1, 0.15) is 103 Å². The quantitative estimate of drug-likeness (QED) is 0.120. The summed E-state index contributed by atoms with van der Waals surface area (Å²) in [7, 11) is 0. The molecule has 5 rings (SSSR count). The molecule has 3 heterocycles. The van der Waals surface area contributed by atoms with Gasteiger partial charge in [0.25, 0.3) is 5.56 Å². The van der Waals surface area contributed by atoms with Crippen LogP contribution in [0.3, 0.4) is 0 Å². The van der Waals surface area contributed by atoms with E-state index in [-0.39, 0.29) is 30.5 Å². The number of aromatic amines is 2. The van der Waals surface area contributed by atoms with E-state index in [1.54, 1.807) is 64.1 Å². The fourth-order valence-corrected chi connectivity index (χ4v) is 5.23. The monoisotopic (exact) mass is 717 g/mol.